The summed E-state index contributed by atoms with van der Waals surface area (Å²) in [5.41, 5.74) is 6.20. The smallest absolute Gasteiger partial charge is 0.337 e. The number of carboxylic acid groups (broad SMARTS) is 1. The Balaban J connectivity index is 0.000000283. The summed E-state index contributed by atoms with van der Waals surface area (Å²) < 4.78 is 4.43. The lowest BCUT2D eigenvalue weighted by Crippen LogP contribution is -2.32. The Labute approximate surface area is 158 Å². The minimum atomic E-state index is -1.09. The largest absolute Gasteiger partial charge is 0.480 e. The standard InChI is InChI=1S/C9H10N2O4.C8H7NO4/c10-8(9(12)13)5-6-1-3-7(4-2-6)11(14)15;1-13-8(10)6-2-4-7(5-3-6)9(11)12/h1-4,8H,5,10H2,(H,12,13);2-5H,1H3. The molecule has 11 nitrogen and oxygen atoms in total. The monoisotopic (exact) mass is 391 g/mol. The van der Waals surface area contributed by atoms with Crippen molar-refractivity contribution in [1.29, 1.82) is 0 Å². The zero-order valence-electron chi connectivity index (χ0n) is 14.7. The van der Waals surface area contributed by atoms with Gasteiger partial charge in [0.1, 0.15) is 6.04 Å². The second-order valence-corrected chi connectivity index (χ2v) is 5.37. The lowest BCUT2D eigenvalue weighted by Gasteiger charge is -2.05. The Hall–Kier alpha value is -3.86. The molecule has 0 saturated heterocycles. The van der Waals surface area contributed by atoms with Crippen LogP contribution >= 0.6 is 0 Å². The quantitative estimate of drug-likeness (QED) is 0.423. The van der Waals surface area contributed by atoms with E-state index >= 15 is 0 Å². The molecule has 0 aliphatic rings. The van der Waals surface area contributed by atoms with Crippen molar-refractivity contribution in [1.82, 2.24) is 0 Å². The molecule has 0 aromatic heterocycles. The minimum Gasteiger partial charge on any atom is -0.480 e. The van der Waals surface area contributed by atoms with Crippen LogP contribution in [0.3, 0.4) is 0 Å². The van der Waals surface area contributed by atoms with Crippen LogP contribution in [0.5, 0.6) is 0 Å². The fraction of sp³-hybridized carbons (Fsp3) is 0.176. The first-order valence-electron chi connectivity index (χ1n) is 7.70. The number of hydrogen-bond donors (Lipinski definition) is 2. The van der Waals surface area contributed by atoms with Gasteiger partial charge in [0.15, 0.2) is 0 Å². The molecule has 0 amide bonds. The molecule has 0 saturated carbocycles. The zero-order chi connectivity index (χ0) is 21.3. The molecule has 0 spiro atoms. The van der Waals surface area contributed by atoms with Gasteiger partial charge in [-0.3, -0.25) is 25.0 Å². The first-order chi connectivity index (χ1) is 13.1. The van der Waals surface area contributed by atoms with E-state index in [0.717, 1.165) is 0 Å². The van der Waals surface area contributed by atoms with Crippen LogP contribution in [0, 0.1) is 20.2 Å². The number of benzene rings is 2. The Morgan fingerprint density at radius 3 is 1.79 bits per heavy atom. The number of aliphatic carboxylic acids is 1. The maximum absolute atomic E-state index is 10.9. The molecule has 0 aliphatic heterocycles. The molecule has 1 unspecified atom stereocenters. The molecule has 0 bridgehead atoms. The van der Waals surface area contributed by atoms with E-state index in [-0.39, 0.29) is 17.8 Å². The van der Waals surface area contributed by atoms with Crippen LogP contribution in [0.25, 0.3) is 0 Å². The summed E-state index contributed by atoms with van der Waals surface area (Å²) in [5, 5.41) is 29.1. The average Bonchev–Trinajstić information content (AvgIpc) is 2.68. The molecule has 11 heteroatoms. The number of nitrogens with zero attached hydrogens (tertiary/aromatic N) is 2. The second kappa shape index (κ2) is 10.3. The van der Waals surface area contributed by atoms with Gasteiger partial charge in [-0.2, -0.15) is 0 Å². The van der Waals surface area contributed by atoms with Gasteiger partial charge in [-0.25, -0.2) is 4.79 Å². The van der Waals surface area contributed by atoms with Crippen LogP contribution in [0.15, 0.2) is 48.5 Å². The van der Waals surface area contributed by atoms with Gasteiger partial charge < -0.3 is 15.6 Å². The van der Waals surface area contributed by atoms with Crippen molar-refractivity contribution >= 4 is 23.3 Å². The minimum absolute atomic E-state index is 0.0253. The van der Waals surface area contributed by atoms with E-state index < -0.39 is 27.8 Å². The molecular formula is C17H17N3O8. The van der Waals surface area contributed by atoms with Crippen molar-refractivity contribution in [2.24, 2.45) is 5.73 Å². The van der Waals surface area contributed by atoms with Crippen LogP contribution in [0.2, 0.25) is 0 Å². The molecular weight excluding hydrogens is 374 g/mol. The molecule has 0 fully saturated rings. The highest BCUT2D eigenvalue weighted by atomic mass is 16.6. The second-order valence-electron chi connectivity index (χ2n) is 5.37. The summed E-state index contributed by atoms with van der Waals surface area (Å²) >= 11 is 0. The molecule has 3 N–H and O–H groups in total. The van der Waals surface area contributed by atoms with Crippen LogP contribution in [-0.4, -0.2) is 40.0 Å². The summed E-state index contributed by atoms with van der Waals surface area (Å²) in [4.78, 5) is 40.9. The highest BCUT2D eigenvalue weighted by Crippen LogP contribution is 2.13. The average molecular weight is 391 g/mol. The van der Waals surface area contributed by atoms with Crippen molar-refractivity contribution in [3.8, 4) is 0 Å². The van der Waals surface area contributed by atoms with Gasteiger partial charge >= 0.3 is 11.9 Å². The van der Waals surface area contributed by atoms with Crippen LogP contribution in [-0.2, 0) is 16.0 Å². The van der Waals surface area contributed by atoms with E-state index in [0.29, 0.717) is 11.1 Å². The summed E-state index contributed by atoms with van der Waals surface area (Å²) in [6, 6.07) is 9.88. The maximum Gasteiger partial charge on any atom is 0.337 e. The molecule has 0 heterocycles. The fourth-order valence-corrected chi connectivity index (χ4v) is 1.93. The number of carbonyl (C=O) groups excluding carboxylic acids is 1. The number of rotatable bonds is 6. The van der Waals surface area contributed by atoms with Gasteiger partial charge in [-0.1, -0.05) is 12.1 Å². The number of nitro benzene ring substituents is 2. The van der Waals surface area contributed by atoms with E-state index in [1.54, 1.807) is 0 Å². The number of ether oxygens (including phenoxy) is 1. The van der Waals surface area contributed by atoms with Crippen LogP contribution < -0.4 is 5.73 Å². The lowest BCUT2D eigenvalue weighted by molar-refractivity contribution is -0.385. The topological polar surface area (TPSA) is 176 Å². The Kier molecular flexibility index (Phi) is 8.18. The summed E-state index contributed by atoms with van der Waals surface area (Å²) in [5.74, 6) is -1.59. The third-order valence-corrected chi connectivity index (χ3v) is 3.42. The van der Waals surface area contributed by atoms with Gasteiger partial charge in [-0.05, 0) is 24.1 Å². The number of methoxy groups -OCH3 is 1. The van der Waals surface area contributed by atoms with Crippen molar-refractivity contribution in [3.63, 3.8) is 0 Å². The van der Waals surface area contributed by atoms with Gasteiger partial charge in [0.25, 0.3) is 11.4 Å². The summed E-state index contributed by atoms with van der Waals surface area (Å²) in [6.07, 6.45) is 0.160. The van der Waals surface area contributed by atoms with E-state index in [1.165, 1.54) is 55.6 Å². The number of nitro groups is 2. The predicted molar refractivity (Wildman–Crippen MR) is 96.8 cm³/mol. The van der Waals surface area contributed by atoms with Crippen LogP contribution in [0.4, 0.5) is 11.4 Å². The number of non-ortho nitro benzene ring substituents is 2. The Morgan fingerprint density at radius 1 is 1.00 bits per heavy atom. The van der Waals surface area contributed by atoms with Crippen molar-refractivity contribution in [2.45, 2.75) is 12.5 Å². The van der Waals surface area contributed by atoms with E-state index in [1.807, 2.05) is 0 Å². The first-order valence-corrected chi connectivity index (χ1v) is 7.70. The fourth-order valence-electron chi connectivity index (χ4n) is 1.93. The van der Waals surface area contributed by atoms with Gasteiger partial charge in [0.2, 0.25) is 0 Å². The van der Waals surface area contributed by atoms with E-state index in [4.69, 9.17) is 10.8 Å². The molecule has 148 valence electrons. The third kappa shape index (κ3) is 6.80. The number of hydrogen-bond acceptors (Lipinski definition) is 8. The van der Waals surface area contributed by atoms with Crippen LogP contribution in [0.1, 0.15) is 15.9 Å². The highest BCUT2D eigenvalue weighted by molar-refractivity contribution is 5.89. The molecule has 2 aromatic rings. The SMILES string of the molecule is COC(=O)c1ccc([N+](=O)[O-])cc1.NC(Cc1ccc([N+](=O)[O-])cc1)C(=O)O. The number of nitrogens with two attached hydrogens (primary N) is 1. The lowest BCUT2D eigenvalue weighted by atomic mass is 10.1. The number of carbonyl (C=O) groups is 2. The van der Waals surface area contributed by atoms with Crippen molar-refractivity contribution in [3.05, 3.63) is 79.9 Å². The Bertz CT molecular complexity index is 850. The third-order valence-electron chi connectivity index (χ3n) is 3.42. The number of esters is 1. The number of carboxylic acids is 1. The summed E-state index contributed by atoms with van der Waals surface area (Å²) in [7, 11) is 1.25. The van der Waals surface area contributed by atoms with E-state index in [2.05, 4.69) is 4.74 Å². The van der Waals surface area contributed by atoms with E-state index in [9.17, 15) is 29.8 Å². The normalized spacial score (nSPS) is 10.8. The first kappa shape index (κ1) is 22.2. The summed E-state index contributed by atoms with van der Waals surface area (Å²) in [6.45, 7) is 0. The molecule has 1 atom stereocenters. The molecule has 2 aromatic carbocycles. The predicted octanol–water partition coefficient (Wildman–Crippen LogP) is 1.93. The molecule has 0 radical (unpaired) electrons. The van der Waals surface area contributed by atoms with Crippen molar-refractivity contribution < 1.29 is 29.3 Å². The molecule has 28 heavy (non-hydrogen) atoms. The van der Waals surface area contributed by atoms with Gasteiger partial charge in [0, 0.05) is 24.3 Å². The molecule has 2 rings (SSSR count). The van der Waals surface area contributed by atoms with Crippen molar-refractivity contribution in [2.75, 3.05) is 7.11 Å². The molecule has 0 aliphatic carbocycles. The zero-order valence-corrected chi connectivity index (χ0v) is 14.7. The highest BCUT2D eigenvalue weighted by Gasteiger charge is 2.13. The van der Waals surface area contributed by atoms with Gasteiger partial charge in [-0.15, -0.1) is 0 Å². The maximum atomic E-state index is 10.9. The Morgan fingerprint density at radius 2 is 1.43 bits per heavy atom. The van der Waals surface area contributed by atoms with Gasteiger partial charge in [0.05, 0.1) is 22.5 Å².